The largest absolute Gasteiger partial charge is 0.335 e. The molecule has 5 nitrogen and oxygen atoms in total. The molecule has 0 saturated carbocycles. The van der Waals surface area contributed by atoms with E-state index in [0.717, 1.165) is 50.1 Å². The Bertz CT molecular complexity index is 1430. The molecular formula is C31H33N2O3S2+. The van der Waals surface area contributed by atoms with Crippen molar-refractivity contribution >= 4 is 46.5 Å². The molecule has 38 heavy (non-hydrogen) atoms. The van der Waals surface area contributed by atoms with Crippen molar-refractivity contribution in [3.8, 4) is 0 Å². The predicted molar refractivity (Wildman–Crippen MR) is 159 cm³/mol. The zero-order chi connectivity index (χ0) is 26.3. The summed E-state index contributed by atoms with van der Waals surface area (Å²) in [6, 6.07) is 17.4. The van der Waals surface area contributed by atoms with Gasteiger partial charge < -0.3 is 4.90 Å². The smallest absolute Gasteiger partial charge is 0.213 e. The Morgan fingerprint density at radius 3 is 2.87 bits per heavy atom. The fraction of sp³-hybridized carbons (Fsp3) is 0.258. The van der Waals surface area contributed by atoms with Crippen LogP contribution in [0.5, 0.6) is 0 Å². The Hall–Kier alpha value is -2.81. The zero-order valence-corrected chi connectivity index (χ0v) is 23.4. The number of aryl methyl sites for hydroxylation is 2. The van der Waals surface area contributed by atoms with E-state index in [0.29, 0.717) is 0 Å². The number of pyridine rings is 1. The van der Waals surface area contributed by atoms with Crippen LogP contribution >= 0.6 is 23.8 Å². The van der Waals surface area contributed by atoms with Crippen LogP contribution in [0.2, 0.25) is 0 Å². The van der Waals surface area contributed by atoms with Gasteiger partial charge in [-0.15, -0.1) is 4.33 Å². The minimum Gasteiger partial charge on any atom is -0.335 e. The maximum absolute atomic E-state index is 8.26. The summed E-state index contributed by atoms with van der Waals surface area (Å²) in [6.07, 6.45) is 16.6. The molecule has 2 aliphatic rings. The number of anilines is 1. The number of rotatable bonds is 10. The number of thioether (sulfide) groups is 1. The first-order chi connectivity index (χ1) is 18.7. The highest BCUT2D eigenvalue weighted by Gasteiger charge is 2.23. The van der Waals surface area contributed by atoms with E-state index < -0.39 is 0 Å². The van der Waals surface area contributed by atoms with Crippen LogP contribution in [0.1, 0.15) is 37.3 Å². The summed E-state index contributed by atoms with van der Waals surface area (Å²) < 4.78 is 6.73. The standard InChI is InChI=1S/C31H32N2O3S2/c1-3-33-29-15-9-23(2)21-30(29)38-31(33)16-13-25-11-10-24(22-25)12-14-26-17-19-32(18-6-20-37-36-35-34)28-8-5-4-7-27(26)28/h4-5,7-9,12-17,19,21-22H,3,6,10-11,18,20H2,1-2H3/p+1. The van der Waals surface area contributed by atoms with E-state index in [2.05, 4.69) is 118 Å². The van der Waals surface area contributed by atoms with Gasteiger partial charge in [0.25, 0.3) is 0 Å². The molecule has 0 bridgehead atoms. The van der Waals surface area contributed by atoms with Crippen molar-refractivity contribution < 1.29 is 19.2 Å². The number of nitrogens with zero attached hydrogens (tertiary/aromatic N) is 2. The third-order valence-corrected chi connectivity index (χ3v) is 8.58. The Kier molecular flexibility index (Phi) is 9.04. The Balaban J connectivity index is 1.28. The van der Waals surface area contributed by atoms with Gasteiger partial charge in [0, 0.05) is 47.8 Å². The molecule has 5 rings (SSSR count). The summed E-state index contributed by atoms with van der Waals surface area (Å²) in [7, 11) is 0. The maximum Gasteiger partial charge on any atom is 0.213 e. The number of benzene rings is 2. The highest BCUT2D eigenvalue weighted by Crippen LogP contribution is 2.46. The van der Waals surface area contributed by atoms with Gasteiger partial charge >= 0.3 is 0 Å². The molecule has 0 radical (unpaired) electrons. The van der Waals surface area contributed by atoms with Crippen LogP contribution in [0.15, 0.2) is 100 Å². The van der Waals surface area contributed by atoms with Gasteiger partial charge in [0.2, 0.25) is 5.52 Å². The lowest BCUT2D eigenvalue weighted by Crippen LogP contribution is -2.34. The fourth-order valence-electron chi connectivity index (χ4n) is 4.97. The lowest BCUT2D eigenvalue weighted by molar-refractivity contribution is -0.671. The molecule has 0 saturated heterocycles. The van der Waals surface area contributed by atoms with E-state index in [1.807, 2.05) is 11.8 Å². The molecule has 0 fully saturated rings. The van der Waals surface area contributed by atoms with E-state index in [-0.39, 0.29) is 0 Å². The summed E-state index contributed by atoms with van der Waals surface area (Å²) in [5.74, 6) is 0.728. The SMILES string of the molecule is CCN1C(=CC=C2C=C(C=Cc3cc[n+](CCCSOOO)c4ccccc34)CC2)Sc2cc(C)ccc21. The number of aromatic nitrogens is 1. The average molecular weight is 546 g/mol. The predicted octanol–water partition coefficient (Wildman–Crippen LogP) is 8.03. The number of hydrogen-bond donors (Lipinski definition) is 1. The minimum absolute atomic E-state index is 0.728. The molecule has 1 aromatic heterocycles. The van der Waals surface area contributed by atoms with Crippen molar-refractivity contribution in [2.75, 3.05) is 17.2 Å². The van der Waals surface area contributed by atoms with Crippen LogP contribution in [0.4, 0.5) is 5.69 Å². The molecule has 196 valence electrons. The van der Waals surface area contributed by atoms with E-state index in [1.54, 1.807) is 0 Å². The van der Waals surface area contributed by atoms with Gasteiger partial charge in [-0.05, 0) is 73.2 Å². The average Bonchev–Trinajstić information content (AvgIpc) is 3.54. The Morgan fingerprint density at radius 1 is 1.11 bits per heavy atom. The molecule has 1 N–H and O–H groups in total. The van der Waals surface area contributed by atoms with Crippen molar-refractivity contribution in [2.45, 2.75) is 44.6 Å². The first kappa shape index (κ1) is 26.8. The fourth-order valence-corrected chi connectivity index (χ4v) is 6.55. The molecule has 2 aromatic carbocycles. The van der Waals surface area contributed by atoms with Crippen molar-refractivity contribution in [1.82, 2.24) is 0 Å². The molecule has 1 aliphatic carbocycles. The normalized spacial score (nSPS) is 17.3. The summed E-state index contributed by atoms with van der Waals surface area (Å²) in [5.41, 5.74) is 7.80. The van der Waals surface area contributed by atoms with Gasteiger partial charge in [0.05, 0.1) is 16.1 Å². The minimum atomic E-state index is 0.728. The number of hydrogen-bond acceptors (Lipinski definition) is 6. The molecule has 0 atom stereocenters. The van der Waals surface area contributed by atoms with Crippen LogP contribution in [-0.2, 0) is 15.9 Å². The van der Waals surface area contributed by atoms with Crippen LogP contribution in [0, 0.1) is 6.92 Å². The van der Waals surface area contributed by atoms with Crippen LogP contribution in [0.3, 0.4) is 0 Å². The quantitative estimate of drug-likeness (QED) is 0.0915. The molecular weight excluding hydrogens is 512 g/mol. The second kappa shape index (κ2) is 12.8. The molecule has 0 amide bonds. The van der Waals surface area contributed by atoms with Crippen LogP contribution in [0.25, 0.3) is 17.0 Å². The molecule has 3 aromatic rings. The second-order valence-corrected chi connectivity index (χ2v) is 11.3. The highest BCUT2D eigenvalue weighted by atomic mass is 32.2. The van der Waals surface area contributed by atoms with Crippen molar-refractivity contribution in [2.24, 2.45) is 0 Å². The lowest BCUT2D eigenvalue weighted by Gasteiger charge is -2.17. The van der Waals surface area contributed by atoms with E-state index in [1.165, 1.54) is 48.8 Å². The summed E-state index contributed by atoms with van der Waals surface area (Å²) in [5, 5.41) is 14.4. The van der Waals surface area contributed by atoms with E-state index in [9.17, 15) is 0 Å². The number of allylic oxidation sites excluding steroid dienone is 6. The number of fused-ring (bicyclic) bond motifs is 2. The third-order valence-electron chi connectivity index (χ3n) is 6.86. The molecule has 1 aliphatic heterocycles. The van der Waals surface area contributed by atoms with Gasteiger partial charge in [-0.2, -0.15) is 4.57 Å². The summed E-state index contributed by atoms with van der Waals surface area (Å²) in [6.45, 7) is 6.20. The Morgan fingerprint density at radius 2 is 2.00 bits per heavy atom. The zero-order valence-electron chi connectivity index (χ0n) is 21.8. The van der Waals surface area contributed by atoms with Crippen LogP contribution in [-0.4, -0.2) is 17.6 Å². The summed E-state index contributed by atoms with van der Waals surface area (Å²) >= 11 is 2.97. The Labute approximate surface area is 233 Å². The lowest BCUT2D eigenvalue weighted by atomic mass is 10.1. The number of para-hydroxylation sites is 1. The topological polar surface area (TPSA) is 45.8 Å². The van der Waals surface area contributed by atoms with Gasteiger partial charge in [-0.1, -0.05) is 59.3 Å². The van der Waals surface area contributed by atoms with Gasteiger partial charge in [0.15, 0.2) is 6.20 Å². The first-order valence-electron chi connectivity index (χ1n) is 13.0. The molecule has 0 unspecified atom stereocenters. The van der Waals surface area contributed by atoms with Crippen molar-refractivity contribution in [3.63, 3.8) is 0 Å². The molecule has 2 heterocycles. The summed E-state index contributed by atoms with van der Waals surface area (Å²) in [4.78, 5) is 3.75. The monoisotopic (exact) mass is 545 g/mol. The van der Waals surface area contributed by atoms with Gasteiger partial charge in [-0.25, -0.2) is 5.26 Å². The van der Waals surface area contributed by atoms with Gasteiger partial charge in [-0.3, -0.25) is 0 Å². The first-order valence-corrected chi connectivity index (χ1v) is 14.8. The maximum atomic E-state index is 8.26. The highest BCUT2D eigenvalue weighted by molar-refractivity contribution is 8.03. The molecule has 7 heteroatoms. The third kappa shape index (κ3) is 6.25. The van der Waals surface area contributed by atoms with Crippen molar-refractivity contribution in [1.29, 1.82) is 0 Å². The van der Waals surface area contributed by atoms with Crippen molar-refractivity contribution in [3.05, 3.63) is 106 Å². The second-order valence-electron chi connectivity index (χ2n) is 9.42. The van der Waals surface area contributed by atoms with Gasteiger partial charge in [0.1, 0.15) is 6.54 Å². The molecule has 0 spiro atoms. The van der Waals surface area contributed by atoms with E-state index in [4.69, 9.17) is 5.26 Å². The van der Waals surface area contributed by atoms with Crippen LogP contribution < -0.4 is 9.47 Å². The van der Waals surface area contributed by atoms with E-state index >= 15 is 0 Å².